The van der Waals surface area contributed by atoms with Gasteiger partial charge in [0.15, 0.2) is 5.82 Å². The normalized spacial score (nSPS) is 23.9. The minimum Gasteiger partial charge on any atom is -0.345 e. The van der Waals surface area contributed by atoms with Crippen molar-refractivity contribution in [3.63, 3.8) is 0 Å². The van der Waals surface area contributed by atoms with E-state index in [9.17, 15) is 4.79 Å². The van der Waals surface area contributed by atoms with Gasteiger partial charge in [-0.25, -0.2) is 14.9 Å². The number of fused-ring (bicyclic) bond motifs is 1. The van der Waals surface area contributed by atoms with E-state index in [0.29, 0.717) is 11.7 Å². The van der Waals surface area contributed by atoms with Gasteiger partial charge in [-0.2, -0.15) is 5.10 Å². The average Bonchev–Trinajstić information content (AvgIpc) is 3.21. The Hall–Kier alpha value is -2.70. The van der Waals surface area contributed by atoms with E-state index >= 15 is 0 Å². The van der Waals surface area contributed by atoms with E-state index in [2.05, 4.69) is 25.1 Å². The van der Waals surface area contributed by atoms with Gasteiger partial charge in [-0.05, 0) is 43.2 Å². The third-order valence-electron chi connectivity index (χ3n) is 5.20. The Bertz CT molecular complexity index is 943. The van der Waals surface area contributed by atoms with Crippen LogP contribution in [-0.4, -0.2) is 31.7 Å². The molecule has 7 heteroatoms. The molecule has 122 valence electrons. The van der Waals surface area contributed by atoms with E-state index < -0.39 is 0 Å². The quantitative estimate of drug-likeness (QED) is 0.770. The molecule has 2 fully saturated rings. The van der Waals surface area contributed by atoms with Crippen LogP contribution in [0.25, 0.3) is 11.0 Å². The highest BCUT2D eigenvalue weighted by molar-refractivity contribution is 5.75. The molecule has 24 heavy (non-hydrogen) atoms. The van der Waals surface area contributed by atoms with Crippen molar-refractivity contribution in [2.45, 2.75) is 25.3 Å². The summed E-state index contributed by atoms with van der Waals surface area (Å²) in [6, 6.07) is 7.94. The molecule has 2 atom stereocenters. The van der Waals surface area contributed by atoms with E-state index in [1.165, 1.54) is 12.8 Å². The molecule has 1 aliphatic carbocycles. The van der Waals surface area contributed by atoms with Gasteiger partial charge in [-0.1, -0.05) is 12.1 Å². The minimum absolute atomic E-state index is 0.0620. The Morgan fingerprint density at radius 3 is 2.71 bits per heavy atom. The third-order valence-corrected chi connectivity index (χ3v) is 5.20. The fourth-order valence-corrected chi connectivity index (χ4v) is 3.95. The zero-order valence-electron chi connectivity index (χ0n) is 13.1. The summed E-state index contributed by atoms with van der Waals surface area (Å²) in [5.74, 6) is 2.81. The maximum Gasteiger partial charge on any atom is 0.340 e. The van der Waals surface area contributed by atoms with Crippen LogP contribution in [0.1, 0.15) is 31.1 Å². The molecule has 1 saturated heterocycles. The molecule has 2 N–H and O–H groups in total. The zero-order valence-corrected chi connectivity index (χ0v) is 13.1. The van der Waals surface area contributed by atoms with Crippen LogP contribution in [0.2, 0.25) is 0 Å². The fourth-order valence-electron chi connectivity index (χ4n) is 3.95. The molecule has 3 aromatic rings. The topological polar surface area (TPSA) is 90.6 Å². The molecule has 3 heterocycles. The molecule has 0 amide bonds. The molecule has 1 aromatic carbocycles. The van der Waals surface area contributed by atoms with Crippen molar-refractivity contribution >= 4 is 16.9 Å². The largest absolute Gasteiger partial charge is 0.345 e. The van der Waals surface area contributed by atoms with Crippen molar-refractivity contribution in [2.75, 3.05) is 11.4 Å². The van der Waals surface area contributed by atoms with E-state index in [1.54, 1.807) is 0 Å². The first kappa shape index (κ1) is 13.7. The summed E-state index contributed by atoms with van der Waals surface area (Å²) in [6.45, 7) is 0.910. The van der Waals surface area contributed by atoms with Crippen LogP contribution in [0.3, 0.4) is 0 Å². The van der Waals surface area contributed by atoms with Gasteiger partial charge in [0.25, 0.3) is 0 Å². The van der Waals surface area contributed by atoms with Crippen molar-refractivity contribution in [3.05, 3.63) is 46.8 Å². The van der Waals surface area contributed by atoms with E-state index in [4.69, 9.17) is 4.98 Å². The summed E-state index contributed by atoms with van der Waals surface area (Å²) in [4.78, 5) is 26.0. The zero-order chi connectivity index (χ0) is 16.1. The molecular weight excluding hydrogens is 304 g/mol. The van der Waals surface area contributed by atoms with E-state index in [-0.39, 0.29) is 11.7 Å². The molecule has 1 aliphatic heterocycles. The first-order chi connectivity index (χ1) is 11.8. The van der Waals surface area contributed by atoms with Crippen LogP contribution in [0, 0.1) is 11.8 Å². The summed E-state index contributed by atoms with van der Waals surface area (Å²) in [5.41, 5.74) is 1.53. The van der Waals surface area contributed by atoms with Gasteiger partial charge in [-0.15, -0.1) is 0 Å². The second-order valence-corrected chi connectivity index (χ2v) is 6.71. The van der Waals surface area contributed by atoms with Gasteiger partial charge in [-0.3, -0.25) is 9.97 Å². The number of hydrogen-bond donors (Lipinski definition) is 2. The first-order valence-corrected chi connectivity index (χ1v) is 8.42. The summed E-state index contributed by atoms with van der Waals surface area (Å²) in [7, 11) is 0. The number of H-pyrrole nitrogens is 2. The standard InChI is InChI=1S/C17H18N6O/c24-17-20-16(21-22-17)15-11(10-5-6-10)7-8-23(15)14-9-18-12-3-1-2-4-13(12)19-14/h1-4,9-11,15H,5-8H2,(H2,20,21,22,24). The molecule has 1 saturated carbocycles. The summed E-state index contributed by atoms with van der Waals surface area (Å²) < 4.78 is 0. The number of anilines is 1. The average molecular weight is 322 g/mol. The van der Waals surface area contributed by atoms with Crippen LogP contribution in [0.5, 0.6) is 0 Å². The number of hydrogen-bond acceptors (Lipinski definition) is 5. The number of nitrogens with one attached hydrogen (secondary N) is 2. The molecule has 2 unspecified atom stereocenters. The van der Waals surface area contributed by atoms with E-state index in [1.807, 2.05) is 30.5 Å². The lowest BCUT2D eigenvalue weighted by Crippen LogP contribution is -2.28. The van der Waals surface area contributed by atoms with Crippen molar-refractivity contribution in [1.82, 2.24) is 25.1 Å². The highest BCUT2D eigenvalue weighted by atomic mass is 16.1. The van der Waals surface area contributed by atoms with Gasteiger partial charge in [0.05, 0.1) is 23.3 Å². The van der Waals surface area contributed by atoms with Crippen LogP contribution in [-0.2, 0) is 0 Å². The van der Waals surface area contributed by atoms with Crippen LogP contribution < -0.4 is 10.6 Å². The molecule has 0 radical (unpaired) electrons. The second kappa shape index (κ2) is 5.15. The number of nitrogens with zero attached hydrogens (tertiary/aromatic N) is 4. The molecule has 5 rings (SSSR count). The first-order valence-electron chi connectivity index (χ1n) is 8.42. The SMILES string of the molecule is O=c1[nH]nc(C2C(C3CC3)CCN2c2cnc3ccccc3n2)[nH]1. The Labute approximate surface area is 138 Å². The van der Waals surface area contributed by atoms with Crippen molar-refractivity contribution < 1.29 is 0 Å². The Morgan fingerprint density at radius 2 is 1.96 bits per heavy atom. The van der Waals surface area contributed by atoms with Crippen molar-refractivity contribution in [3.8, 4) is 0 Å². The van der Waals surface area contributed by atoms with Gasteiger partial charge in [0, 0.05) is 6.54 Å². The monoisotopic (exact) mass is 322 g/mol. The van der Waals surface area contributed by atoms with Gasteiger partial charge >= 0.3 is 5.69 Å². The van der Waals surface area contributed by atoms with Crippen LogP contribution in [0.15, 0.2) is 35.3 Å². The Kier molecular flexibility index (Phi) is 2.95. The fraction of sp³-hybridized carbons (Fsp3) is 0.412. The van der Waals surface area contributed by atoms with Gasteiger partial charge in [0.1, 0.15) is 5.82 Å². The molecule has 7 nitrogen and oxygen atoms in total. The summed E-state index contributed by atoms with van der Waals surface area (Å²) >= 11 is 0. The van der Waals surface area contributed by atoms with Crippen molar-refractivity contribution in [1.29, 1.82) is 0 Å². The molecular formula is C17H18N6O. The smallest absolute Gasteiger partial charge is 0.340 e. The highest BCUT2D eigenvalue weighted by Crippen LogP contribution is 2.50. The number of aromatic nitrogens is 5. The van der Waals surface area contributed by atoms with E-state index in [0.717, 1.165) is 35.7 Å². The molecule has 0 spiro atoms. The molecule has 0 bridgehead atoms. The predicted molar refractivity (Wildman–Crippen MR) is 89.7 cm³/mol. The highest BCUT2D eigenvalue weighted by Gasteiger charge is 2.45. The third kappa shape index (κ3) is 2.19. The van der Waals surface area contributed by atoms with Crippen LogP contribution >= 0.6 is 0 Å². The maximum atomic E-state index is 11.5. The number of benzene rings is 1. The summed E-state index contributed by atoms with van der Waals surface area (Å²) in [5, 5.41) is 6.72. The molecule has 2 aromatic heterocycles. The number of para-hydroxylation sites is 2. The summed E-state index contributed by atoms with van der Waals surface area (Å²) in [6.07, 6.45) is 5.47. The van der Waals surface area contributed by atoms with Gasteiger partial charge in [0.2, 0.25) is 0 Å². The lowest BCUT2D eigenvalue weighted by atomic mass is 9.94. The number of rotatable bonds is 3. The second-order valence-electron chi connectivity index (χ2n) is 6.71. The lowest BCUT2D eigenvalue weighted by molar-refractivity contribution is 0.414. The van der Waals surface area contributed by atoms with Crippen LogP contribution in [0.4, 0.5) is 5.82 Å². The Balaban J connectivity index is 1.57. The predicted octanol–water partition coefficient (Wildman–Crippen LogP) is 2.02. The van der Waals surface area contributed by atoms with Gasteiger partial charge < -0.3 is 4.90 Å². The number of aromatic amines is 2. The van der Waals surface area contributed by atoms with Crippen molar-refractivity contribution in [2.24, 2.45) is 11.8 Å². The minimum atomic E-state index is -0.254. The maximum absolute atomic E-state index is 11.5. The molecule has 2 aliphatic rings. The lowest BCUT2D eigenvalue weighted by Gasteiger charge is -2.27. The Morgan fingerprint density at radius 1 is 1.12 bits per heavy atom.